The maximum Gasteiger partial charge on any atom is 0.203 e. The SMILES string of the molecule is C=C(O)N(O)CCC. The van der Waals surface area contributed by atoms with Crippen molar-refractivity contribution in [3.63, 3.8) is 0 Å². The van der Waals surface area contributed by atoms with Gasteiger partial charge >= 0.3 is 0 Å². The lowest BCUT2D eigenvalue weighted by Gasteiger charge is -2.11. The van der Waals surface area contributed by atoms with Crippen molar-refractivity contribution in [1.29, 1.82) is 0 Å². The van der Waals surface area contributed by atoms with Gasteiger partial charge in [-0.2, -0.15) is 0 Å². The second kappa shape index (κ2) is 3.32. The molecule has 0 atom stereocenters. The third-order valence-electron chi connectivity index (χ3n) is 0.733. The minimum Gasteiger partial charge on any atom is -0.494 e. The molecule has 0 aromatic carbocycles. The van der Waals surface area contributed by atoms with E-state index in [1.54, 1.807) is 0 Å². The van der Waals surface area contributed by atoms with Gasteiger partial charge in [-0.15, -0.1) is 0 Å². The van der Waals surface area contributed by atoms with Gasteiger partial charge in [0, 0.05) is 6.54 Å². The maximum atomic E-state index is 8.61. The highest BCUT2D eigenvalue weighted by Gasteiger charge is 1.96. The Morgan fingerprint density at radius 3 is 2.38 bits per heavy atom. The zero-order valence-electron chi connectivity index (χ0n) is 4.96. The van der Waals surface area contributed by atoms with Crippen molar-refractivity contribution in [3.8, 4) is 0 Å². The summed E-state index contributed by atoms with van der Waals surface area (Å²) in [4.78, 5) is 0. The van der Waals surface area contributed by atoms with Gasteiger partial charge in [-0.25, -0.2) is 5.06 Å². The molecule has 0 fully saturated rings. The highest BCUT2D eigenvalue weighted by atomic mass is 16.5. The van der Waals surface area contributed by atoms with Crippen LogP contribution in [0.15, 0.2) is 12.5 Å². The topological polar surface area (TPSA) is 43.7 Å². The molecular formula is C5H11NO2. The average Bonchev–Trinajstić information content (AvgIpc) is 1.67. The number of hydrogen-bond donors (Lipinski definition) is 2. The molecule has 0 rings (SSSR count). The van der Waals surface area contributed by atoms with Gasteiger partial charge in [-0.05, 0) is 13.0 Å². The van der Waals surface area contributed by atoms with Crippen molar-refractivity contribution in [2.24, 2.45) is 0 Å². The molecule has 0 heterocycles. The summed E-state index contributed by atoms with van der Waals surface area (Å²) in [6.07, 6.45) is 0.788. The van der Waals surface area contributed by atoms with E-state index in [2.05, 4.69) is 6.58 Å². The molecule has 0 aliphatic heterocycles. The van der Waals surface area contributed by atoms with Crippen molar-refractivity contribution in [2.45, 2.75) is 13.3 Å². The Morgan fingerprint density at radius 2 is 2.25 bits per heavy atom. The maximum absolute atomic E-state index is 8.61. The van der Waals surface area contributed by atoms with Crippen molar-refractivity contribution < 1.29 is 10.3 Å². The highest BCUT2D eigenvalue weighted by molar-refractivity contribution is 4.72. The minimum atomic E-state index is -0.299. The summed E-state index contributed by atoms with van der Waals surface area (Å²) in [6, 6.07) is 0. The summed E-state index contributed by atoms with van der Waals surface area (Å²) in [5.74, 6) is -0.299. The van der Waals surface area contributed by atoms with E-state index in [1.165, 1.54) is 0 Å². The van der Waals surface area contributed by atoms with E-state index in [9.17, 15) is 0 Å². The highest BCUT2D eigenvalue weighted by Crippen LogP contribution is 1.91. The first kappa shape index (κ1) is 7.30. The Morgan fingerprint density at radius 1 is 1.75 bits per heavy atom. The Bertz CT molecular complexity index is 82.5. The average molecular weight is 117 g/mol. The lowest BCUT2D eigenvalue weighted by Crippen LogP contribution is -2.17. The van der Waals surface area contributed by atoms with Gasteiger partial charge in [-0.1, -0.05) is 6.92 Å². The van der Waals surface area contributed by atoms with Gasteiger partial charge in [0.15, 0.2) is 0 Å². The molecule has 0 saturated heterocycles. The van der Waals surface area contributed by atoms with Gasteiger partial charge in [0.25, 0.3) is 0 Å². The van der Waals surface area contributed by atoms with Gasteiger partial charge in [0.2, 0.25) is 5.88 Å². The van der Waals surface area contributed by atoms with Crippen LogP contribution in [0.2, 0.25) is 0 Å². The fourth-order valence-electron chi connectivity index (χ4n) is 0.341. The standard InChI is InChI=1S/C5H11NO2/c1-3-4-6(8)5(2)7/h7-8H,2-4H2,1H3. The normalized spacial score (nSPS) is 8.75. The van der Waals surface area contributed by atoms with Crippen LogP contribution in [0.1, 0.15) is 13.3 Å². The molecule has 2 N–H and O–H groups in total. The molecule has 0 radical (unpaired) electrons. The first-order valence-corrected chi connectivity index (χ1v) is 2.52. The number of aliphatic hydroxyl groups is 1. The number of rotatable bonds is 3. The van der Waals surface area contributed by atoms with Gasteiger partial charge < -0.3 is 5.11 Å². The molecule has 0 saturated carbocycles. The molecule has 0 spiro atoms. The quantitative estimate of drug-likeness (QED) is 0.430. The molecule has 48 valence electrons. The molecule has 0 aliphatic carbocycles. The van der Waals surface area contributed by atoms with Crippen LogP contribution in [-0.2, 0) is 0 Å². The summed E-state index contributed by atoms with van der Waals surface area (Å²) in [6.45, 7) is 5.43. The summed E-state index contributed by atoms with van der Waals surface area (Å²) >= 11 is 0. The van der Waals surface area contributed by atoms with Crippen molar-refractivity contribution in [1.82, 2.24) is 5.06 Å². The van der Waals surface area contributed by atoms with E-state index in [0.29, 0.717) is 11.6 Å². The van der Waals surface area contributed by atoms with E-state index in [-0.39, 0.29) is 5.88 Å². The van der Waals surface area contributed by atoms with E-state index in [0.717, 1.165) is 6.42 Å². The van der Waals surface area contributed by atoms with Gasteiger partial charge in [0.05, 0.1) is 0 Å². The van der Waals surface area contributed by atoms with Crippen molar-refractivity contribution >= 4 is 0 Å². The first-order valence-electron chi connectivity index (χ1n) is 2.52. The van der Waals surface area contributed by atoms with Crippen LogP contribution in [0, 0.1) is 0 Å². The summed E-state index contributed by atoms with van der Waals surface area (Å²) in [5, 5.41) is 17.8. The molecule has 0 bridgehead atoms. The second-order valence-corrected chi connectivity index (χ2v) is 1.54. The molecular weight excluding hydrogens is 106 g/mol. The molecule has 0 amide bonds. The third kappa shape index (κ3) is 2.47. The number of nitrogens with zero attached hydrogens (tertiary/aromatic N) is 1. The predicted molar refractivity (Wildman–Crippen MR) is 30.6 cm³/mol. The minimum absolute atomic E-state index is 0.299. The Kier molecular flexibility index (Phi) is 3.03. The number of hydrogen-bond acceptors (Lipinski definition) is 3. The van der Waals surface area contributed by atoms with Crippen LogP contribution in [0.5, 0.6) is 0 Å². The second-order valence-electron chi connectivity index (χ2n) is 1.54. The van der Waals surface area contributed by atoms with E-state index < -0.39 is 0 Å². The summed E-state index contributed by atoms with van der Waals surface area (Å²) in [7, 11) is 0. The van der Waals surface area contributed by atoms with Crippen LogP contribution >= 0.6 is 0 Å². The fourth-order valence-corrected chi connectivity index (χ4v) is 0.341. The molecule has 0 unspecified atom stereocenters. The summed E-state index contributed by atoms with van der Waals surface area (Å²) in [5.41, 5.74) is 0. The lowest BCUT2D eigenvalue weighted by molar-refractivity contribution is -0.0914. The third-order valence-corrected chi connectivity index (χ3v) is 0.733. The van der Waals surface area contributed by atoms with Crippen LogP contribution in [0.4, 0.5) is 0 Å². The monoisotopic (exact) mass is 117 g/mol. The predicted octanol–water partition coefficient (Wildman–Crippen LogP) is 1.12. The largest absolute Gasteiger partial charge is 0.494 e. The molecule has 0 aromatic heterocycles. The zero-order valence-corrected chi connectivity index (χ0v) is 4.96. The van der Waals surface area contributed by atoms with Gasteiger partial charge in [-0.3, -0.25) is 5.21 Å². The smallest absolute Gasteiger partial charge is 0.203 e. The van der Waals surface area contributed by atoms with Crippen LogP contribution in [0.25, 0.3) is 0 Å². The van der Waals surface area contributed by atoms with Crippen molar-refractivity contribution in [2.75, 3.05) is 6.54 Å². The number of hydroxylamine groups is 2. The Labute approximate surface area is 48.8 Å². The Balaban J connectivity index is 3.32. The molecule has 0 aromatic rings. The molecule has 0 aliphatic rings. The van der Waals surface area contributed by atoms with Crippen molar-refractivity contribution in [3.05, 3.63) is 12.5 Å². The molecule has 3 heteroatoms. The fraction of sp³-hybridized carbons (Fsp3) is 0.600. The van der Waals surface area contributed by atoms with Crippen LogP contribution in [0.3, 0.4) is 0 Å². The summed E-state index contributed by atoms with van der Waals surface area (Å²) < 4.78 is 0. The molecule has 8 heavy (non-hydrogen) atoms. The Hall–Kier alpha value is -0.700. The van der Waals surface area contributed by atoms with E-state index >= 15 is 0 Å². The van der Waals surface area contributed by atoms with Gasteiger partial charge in [0.1, 0.15) is 0 Å². The van der Waals surface area contributed by atoms with Crippen LogP contribution in [-0.4, -0.2) is 21.9 Å². The number of aliphatic hydroxyl groups excluding tert-OH is 1. The molecule has 3 nitrogen and oxygen atoms in total. The van der Waals surface area contributed by atoms with E-state index in [4.69, 9.17) is 10.3 Å². The van der Waals surface area contributed by atoms with E-state index in [1.807, 2.05) is 6.92 Å². The zero-order chi connectivity index (χ0) is 6.57. The lowest BCUT2D eigenvalue weighted by atomic mass is 10.5. The first-order chi connectivity index (χ1) is 3.68. The van der Waals surface area contributed by atoms with Crippen LogP contribution < -0.4 is 0 Å².